The van der Waals surface area contributed by atoms with Gasteiger partial charge in [0.1, 0.15) is 6.54 Å². The summed E-state index contributed by atoms with van der Waals surface area (Å²) in [6, 6.07) is 9.27. The van der Waals surface area contributed by atoms with Crippen molar-refractivity contribution in [3.63, 3.8) is 0 Å². The van der Waals surface area contributed by atoms with E-state index < -0.39 is 10.9 Å². The van der Waals surface area contributed by atoms with Crippen molar-refractivity contribution >= 4 is 11.7 Å². The van der Waals surface area contributed by atoms with Gasteiger partial charge >= 0.3 is 5.95 Å². The Labute approximate surface area is 102 Å². The highest BCUT2D eigenvalue weighted by molar-refractivity contribution is 5.80. The van der Waals surface area contributed by atoms with Gasteiger partial charge in [0.25, 0.3) is 0 Å². The number of carbonyl (C=O) groups excluding carboxylic acids is 1. The summed E-state index contributed by atoms with van der Waals surface area (Å²) in [6.45, 7) is -0.0181. The number of rotatable bonds is 5. The van der Waals surface area contributed by atoms with Crippen molar-refractivity contribution in [2.45, 2.75) is 13.0 Å². The van der Waals surface area contributed by atoms with Crippen molar-refractivity contribution in [1.82, 2.24) is 14.8 Å². The number of benzene rings is 1. The van der Waals surface area contributed by atoms with E-state index in [-0.39, 0.29) is 18.7 Å². The van der Waals surface area contributed by atoms with E-state index in [1.807, 2.05) is 30.3 Å². The molecule has 0 saturated carbocycles. The highest BCUT2D eigenvalue weighted by Crippen LogP contribution is 2.03. The fourth-order valence-electron chi connectivity index (χ4n) is 1.50. The summed E-state index contributed by atoms with van der Waals surface area (Å²) < 4.78 is 1.17. The lowest BCUT2D eigenvalue weighted by Crippen LogP contribution is -2.13. The van der Waals surface area contributed by atoms with E-state index in [9.17, 15) is 14.9 Å². The molecule has 0 N–H and O–H groups in total. The fraction of sp³-hybridized carbons (Fsp3) is 0.182. The molecular formula is C11H10N4O3. The van der Waals surface area contributed by atoms with Gasteiger partial charge < -0.3 is 10.1 Å². The second-order valence-corrected chi connectivity index (χ2v) is 3.70. The SMILES string of the molecule is O=C(Cc1ccccc1)Cn1cnc([N+](=O)[O-])n1. The van der Waals surface area contributed by atoms with Crippen molar-refractivity contribution in [2.75, 3.05) is 0 Å². The summed E-state index contributed by atoms with van der Waals surface area (Å²) in [5.74, 6) is -0.580. The molecular weight excluding hydrogens is 236 g/mol. The van der Waals surface area contributed by atoms with Crippen LogP contribution in [-0.2, 0) is 17.8 Å². The predicted molar refractivity (Wildman–Crippen MR) is 61.8 cm³/mol. The lowest BCUT2D eigenvalue weighted by atomic mass is 10.1. The molecule has 0 aliphatic carbocycles. The van der Waals surface area contributed by atoms with E-state index in [0.717, 1.165) is 5.56 Å². The monoisotopic (exact) mass is 246 g/mol. The molecule has 0 amide bonds. The minimum absolute atomic E-state index is 0.0181. The first kappa shape index (κ1) is 11.9. The molecule has 0 aliphatic rings. The van der Waals surface area contributed by atoms with Gasteiger partial charge in [0.15, 0.2) is 5.78 Å². The van der Waals surface area contributed by atoms with Crippen LogP contribution in [0.15, 0.2) is 36.7 Å². The van der Waals surface area contributed by atoms with Crippen LogP contribution < -0.4 is 0 Å². The minimum atomic E-state index is -0.696. The summed E-state index contributed by atoms with van der Waals surface area (Å²) in [5.41, 5.74) is 0.900. The molecule has 1 aromatic heterocycles. The van der Waals surface area contributed by atoms with E-state index in [1.165, 1.54) is 11.0 Å². The zero-order chi connectivity index (χ0) is 13.0. The van der Waals surface area contributed by atoms with Gasteiger partial charge in [-0.15, -0.1) is 0 Å². The molecule has 7 nitrogen and oxygen atoms in total. The Morgan fingerprint density at radius 3 is 2.67 bits per heavy atom. The van der Waals surface area contributed by atoms with Gasteiger partial charge in [0.2, 0.25) is 6.33 Å². The quantitative estimate of drug-likeness (QED) is 0.579. The number of aromatic nitrogens is 3. The topological polar surface area (TPSA) is 90.9 Å². The van der Waals surface area contributed by atoms with Crippen LogP contribution in [-0.4, -0.2) is 25.5 Å². The van der Waals surface area contributed by atoms with Crippen LogP contribution in [0.3, 0.4) is 0 Å². The third kappa shape index (κ3) is 2.97. The van der Waals surface area contributed by atoms with Gasteiger partial charge in [0.05, 0.1) is 0 Å². The van der Waals surface area contributed by atoms with Crippen LogP contribution in [0.25, 0.3) is 0 Å². The maximum atomic E-state index is 11.7. The Kier molecular flexibility index (Phi) is 3.42. The fourth-order valence-corrected chi connectivity index (χ4v) is 1.50. The molecule has 92 valence electrons. The molecule has 2 rings (SSSR count). The van der Waals surface area contributed by atoms with Crippen molar-refractivity contribution < 1.29 is 9.72 Å². The van der Waals surface area contributed by atoms with E-state index in [2.05, 4.69) is 10.1 Å². The summed E-state index contributed by atoms with van der Waals surface area (Å²) >= 11 is 0. The second kappa shape index (κ2) is 5.17. The molecule has 0 unspecified atom stereocenters. The average Bonchev–Trinajstić information content (AvgIpc) is 2.78. The molecule has 2 aromatic rings. The van der Waals surface area contributed by atoms with Crippen LogP contribution in [0.4, 0.5) is 5.95 Å². The molecule has 0 atom stereocenters. The normalized spacial score (nSPS) is 10.2. The Balaban J connectivity index is 1.97. The minimum Gasteiger partial charge on any atom is -0.390 e. The molecule has 1 heterocycles. The highest BCUT2D eigenvalue weighted by atomic mass is 16.6. The van der Waals surface area contributed by atoms with E-state index in [4.69, 9.17) is 0 Å². The van der Waals surface area contributed by atoms with Crippen LogP contribution in [0.5, 0.6) is 0 Å². The van der Waals surface area contributed by atoms with Gasteiger partial charge in [0, 0.05) is 11.5 Å². The number of nitro groups is 1. The number of hydrogen-bond acceptors (Lipinski definition) is 5. The van der Waals surface area contributed by atoms with Crippen molar-refractivity contribution in [2.24, 2.45) is 0 Å². The summed E-state index contributed by atoms with van der Waals surface area (Å²) in [6.07, 6.45) is 1.45. The van der Waals surface area contributed by atoms with Crippen molar-refractivity contribution in [3.05, 3.63) is 52.3 Å². The first-order valence-electron chi connectivity index (χ1n) is 5.24. The Bertz CT molecular complexity index is 565. The van der Waals surface area contributed by atoms with Crippen LogP contribution in [0.2, 0.25) is 0 Å². The molecule has 0 radical (unpaired) electrons. The van der Waals surface area contributed by atoms with Gasteiger partial charge in [-0.05, 0) is 10.5 Å². The summed E-state index contributed by atoms with van der Waals surface area (Å²) in [5, 5.41) is 14.0. The Morgan fingerprint density at radius 2 is 2.06 bits per heavy atom. The van der Waals surface area contributed by atoms with Crippen molar-refractivity contribution in [1.29, 1.82) is 0 Å². The van der Waals surface area contributed by atoms with Crippen molar-refractivity contribution in [3.8, 4) is 0 Å². The number of nitrogens with zero attached hydrogens (tertiary/aromatic N) is 4. The number of Topliss-reactive ketones (excluding diaryl/α,β-unsaturated/α-hetero) is 1. The lowest BCUT2D eigenvalue weighted by Gasteiger charge is -1.98. The molecule has 0 spiro atoms. The van der Waals surface area contributed by atoms with E-state index in [0.29, 0.717) is 0 Å². The first-order valence-corrected chi connectivity index (χ1v) is 5.24. The number of carbonyl (C=O) groups is 1. The largest absolute Gasteiger partial charge is 0.490 e. The molecule has 0 bridgehead atoms. The predicted octanol–water partition coefficient (Wildman–Crippen LogP) is 0.998. The zero-order valence-electron chi connectivity index (χ0n) is 9.39. The Morgan fingerprint density at radius 1 is 1.33 bits per heavy atom. The molecule has 7 heteroatoms. The highest BCUT2D eigenvalue weighted by Gasteiger charge is 2.15. The number of ketones is 1. The maximum Gasteiger partial charge on any atom is 0.490 e. The molecule has 1 aromatic carbocycles. The van der Waals surface area contributed by atoms with Gasteiger partial charge in [-0.1, -0.05) is 35.3 Å². The lowest BCUT2D eigenvalue weighted by molar-refractivity contribution is -0.394. The third-order valence-electron chi connectivity index (χ3n) is 2.27. The molecule has 0 fully saturated rings. The number of hydrogen-bond donors (Lipinski definition) is 0. The molecule has 0 saturated heterocycles. The van der Waals surface area contributed by atoms with Crippen LogP contribution in [0, 0.1) is 10.1 Å². The summed E-state index contributed by atoms with van der Waals surface area (Å²) in [4.78, 5) is 24.9. The van der Waals surface area contributed by atoms with Gasteiger partial charge in [-0.2, -0.15) is 4.68 Å². The average molecular weight is 246 g/mol. The second-order valence-electron chi connectivity index (χ2n) is 3.70. The van der Waals surface area contributed by atoms with Crippen LogP contribution in [0.1, 0.15) is 5.56 Å². The Hall–Kier alpha value is -2.57. The third-order valence-corrected chi connectivity index (χ3v) is 2.27. The summed E-state index contributed by atoms with van der Waals surface area (Å²) in [7, 11) is 0. The van der Waals surface area contributed by atoms with Gasteiger partial charge in [-0.25, -0.2) is 0 Å². The smallest absolute Gasteiger partial charge is 0.390 e. The standard InChI is InChI=1S/C11H10N4O3/c16-10(6-9-4-2-1-3-5-9)7-14-8-12-11(13-14)15(17)18/h1-5,8H,6-7H2. The van der Waals surface area contributed by atoms with E-state index >= 15 is 0 Å². The van der Waals surface area contributed by atoms with E-state index in [1.54, 1.807) is 0 Å². The zero-order valence-corrected chi connectivity index (χ0v) is 9.39. The maximum absolute atomic E-state index is 11.7. The molecule has 0 aliphatic heterocycles. The molecule has 18 heavy (non-hydrogen) atoms. The first-order chi connectivity index (χ1) is 8.65. The van der Waals surface area contributed by atoms with Gasteiger partial charge in [-0.3, -0.25) is 4.79 Å². The van der Waals surface area contributed by atoms with Crippen LogP contribution >= 0.6 is 0 Å².